The predicted molar refractivity (Wildman–Crippen MR) is 287 cm³/mol. The first-order valence-electron chi connectivity index (χ1n) is 25.6. The fourth-order valence-electron chi connectivity index (χ4n) is 15.1. The van der Waals surface area contributed by atoms with Crippen molar-refractivity contribution in [3.63, 3.8) is 0 Å². The second kappa shape index (κ2) is 12.7. The lowest BCUT2D eigenvalue weighted by atomic mass is 9.34. The molecule has 7 aromatic carbocycles. The van der Waals surface area contributed by atoms with Crippen LogP contribution in [0, 0.1) is 17.8 Å². The van der Waals surface area contributed by atoms with Crippen LogP contribution in [0.2, 0.25) is 0 Å². The highest BCUT2D eigenvalue weighted by molar-refractivity contribution is 6.99. The monoisotopic (exact) mass is 885 g/mol. The molecule has 5 heterocycles. The number of aromatic nitrogens is 3. The molecule has 4 saturated carbocycles. The molecule has 4 nitrogen and oxygen atoms in total. The SMILES string of the molecule is CC(C)(C)c1ccc2c(c1)B1c3c(cc(-n4c5ccccc5c5ccc6c7ccccc7n(C78CC9CC(CC7C9)C8)c6c54)cc3-n3c4ccc(C(C)(C)C)cc4c4cc(C(C)(C)C)cc1c43)O2. The van der Waals surface area contributed by atoms with Gasteiger partial charge in [-0.3, -0.25) is 0 Å². The summed E-state index contributed by atoms with van der Waals surface area (Å²) in [6, 6.07) is 47.8. The van der Waals surface area contributed by atoms with Crippen LogP contribution < -0.4 is 21.1 Å². The van der Waals surface area contributed by atoms with Crippen LogP contribution in [0.4, 0.5) is 0 Å². The summed E-state index contributed by atoms with van der Waals surface area (Å²) in [5.41, 5.74) is 18.4. The molecule has 4 fully saturated rings. The Morgan fingerprint density at radius 1 is 0.485 bits per heavy atom. The number of hydrogen-bond acceptors (Lipinski definition) is 1. The lowest BCUT2D eigenvalue weighted by Crippen LogP contribution is -2.58. The second-order valence-electron chi connectivity index (χ2n) is 25.2. The molecular formula is C63H60BN3O. The lowest BCUT2D eigenvalue weighted by molar-refractivity contribution is 0.215. The van der Waals surface area contributed by atoms with Crippen LogP contribution in [0.5, 0.6) is 11.5 Å². The van der Waals surface area contributed by atoms with Gasteiger partial charge in [0.2, 0.25) is 0 Å². The average Bonchev–Trinajstić information content (AvgIpc) is 4.06. The number of nitrogens with zero attached hydrogens (tertiary/aromatic N) is 3. The van der Waals surface area contributed by atoms with Gasteiger partial charge in [0.05, 0.1) is 27.8 Å². The first kappa shape index (κ1) is 39.8. The van der Waals surface area contributed by atoms with E-state index in [2.05, 4.69) is 197 Å². The first-order chi connectivity index (χ1) is 32.5. The van der Waals surface area contributed by atoms with E-state index in [1.54, 1.807) is 0 Å². The Balaban J connectivity index is 1.10. The predicted octanol–water partition coefficient (Wildman–Crippen LogP) is 14.4. The molecular weight excluding hydrogens is 826 g/mol. The number of ether oxygens (including phenoxy) is 1. The van der Waals surface area contributed by atoms with E-state index in [-0.39, 0.29) is 28.5 Å². The van der Waals surface area contributed by atoms with E-state index in [4.69, 9.17) is 4.74 Å². The number of para-hydroxylation sites is 2. The Hall–Kier alpha value is -6.20. The quantitative estimate of drug-likeness (QED) is 0.159. The molecule has 2 aliphatic heterocycles. The normalized spacial score (nSPS) is 21.6. The fourth-order valence-corrected chi connectivity index (χ4v) is 15.1. The van der Waals surface area contributed by atoms with Crippen LogP contribution in [0.1, 0.15) is 111 Å². The highest BCUT2D eigenvalue weighted by Gasteiger charge is 2.59. The van der Waals surface area contributed by atoms with Gasteiger partial charge in [-0.2, -0.15) is 0 Å². The van der Waals surface area contributed by atoms with E-state index in [0.717, 1.165) is 34.9 Å². The minimum absolute atomic E-state index is 0.00314. The number of benzene rings is 7. The molecule has 336 valence electrons. The van der Waals surface area contributed by atoms with Crippen molar-refractivity contribution in [2.75, 3.05) is 0 Å². The topological polar surface area (TPSA) is 24.0 Å². The highest BCUT2D eigenvalue weighted by Crippen LogP contribution is 2.65. The summed E-state index contributed by atoms with van der Waals surface area (Å²) in [6.45, 7) is 21.1. The van der Waals surface area contributed by atoms with Crippen LogP contribution in [-0.4, -0.2) is 20.4 Å². The third kappa shape index (κ3) is 5.03. The molecule has 0 radical (unpaired) electrons. The molecule has 2 unspecified atom stereocenters. The number of rotatable bonds is 2. The first-order valence-corrected chi connectivity index (χ1v) is 25.6. The largest absolute Gasteiger partial charge is 0.458 e. The van der Waals surface area contributed by atoms with Crippen LogP contribution in [0.25, 0.3) is 76.8 Å². The van der Waals surface area contributed by atoms with E-state index in [1.807, 2.05) is 0 Å². The summed E-state index contributed by atoms with van der Waals surface area (Å²) in [5, 5.41) is 8.03. The molecule has 0 saturated heterocycles. The van der Waals surface area contributed by atoms with Crippen molar-refractivity contribution in [2.24, 2.45) is 17.8 Å². The van der Waals surface area contributed by atoms with Gasteiger partial charge in [-0.15, -0.1) is 0 Å². The fraction of sp³-hybridized carbons (Fsp3) is 0.333. The van der Waals surface area contributed by atoms with E-state index in [0.29, 0.717) is 0 Å². The maximum atomic E-state index is 7.40. The molecule has 0 N–H and O–H groups in total. The zero-order chi connectivity index (χ0) is 46.1. The Kier molecular flexibility index (Phi) is 7.43. The standard InChI is InChI=1S/C63H60BN3O/c1-60(2,3)37-18-22-51-46(27-37)47-28-39(62(7,8)9)30-49-57(47)66(51)53-31-41(32-55-56(53)64(49)48-29-38(61(4,5)6)19-23-54(48)68-55)65-50-16-12-10-14-42(50)44-20-21-45-43-15-11-13-17-52(43)67(59(45)58(44)65)63-33-35-24-36(34-63)26-40(63)25-35/h10-23,27-32,35-36,40H,24-26,33-34H2,1-9H3. The van der Waals surface area contributed by atoms with Crippen molar-refractivity contribution in [1.29, 1.82) is 0 Å². The van der Waals surface area contributed by atoms with E-state index >= 15 is 0 Å². The number of fused-ring (bicyclic) bond motifs is 14. The third-order valence-electron chi connectivity index (χ3n) is 18.1. The molecule has 3 aromatic heterocycles. The van der Waals surface area contributed by atoms with Crippen molar-refractivity contribution in [3.8, 4) is 22.9 Å². The zero-order valence-electron chi connectivity index (χ0n) is 41.1. The molecule has 16 rings (SSSR count). The lowest BCUT2D eigenvalue weighted by Gasteiger charge is -2.36. The molecule has 2 atom stereocenters. The van der Waals surface area contributed by atoms with Crippen LogP contribution in [0.3, 0.4) is 0 Å². The van der Waals surface area contributed by atoms with Gasteiger partial charge in [0.15, 0.2) is 0 Å². The van der Waals surface area contributed by atoms with Crippen molar-refractivity contribution < 1.29 is 4.74 Å². The Morgan fingerprint density at radius 2 is 1.09 bits per heavy atom. The molecule has 0 spiro atoms. The smallest absolute Gasteiger partial charge is 0.256 e. The van der Waals surface area contributed by atoms with Crippen LogP contribution in [0.15, 0.2) is 121 Å². The van der Waals surface area contributed by atoms with Gasteiger partial charge < -0.3 is 18.4 Å². The maximum Gasteiger partial charge on any atom is 0.256 e. The van der Waals surface area contributed by atoms with Gasteiger partial charge >= 0.3 is 0 Å². The maximum absolute atomic E-state index is 7.40. The summed E-state index contributed by atoms with van der Waals surface area (Å²) in [7, 11) is 0. The van der Waals surface area contributed by atoms with Crippen molar-refractivity contribution in [2.45, 2.75) is 116 Å². The Morgan fingerprint density at radius 3 is 1.81 bits per heavy atom. The minimum atomic E-state index is -0.0453. The molecule has 0 amide bonds. The zero-order valence-corrected chi connectivity index (χ0v) is 41.1. The van der Waals surface area contributed by atoms with Gasteiger partial charge in [0.1, 0.15) is 11.5 Å². The van der Waals surface area contributed by atoms with Crippen molar-refractivity contribution in [3.05, 3.63) is 138 Å². The second-order valence-corrected chi connectivity index (χ2v) is 25.2. The van der Waals surface area contributed by atoms with Gasteiger partial charge in [0.25, 0.3) is 6.71 Å². The van der Waals surface area contributed by atoms with Crippen LogP contribution in [-0.2, 0) is 21.8 Å². The average molecular weight is 886 g/mol. The highest BCUT2D eigenvalue weighted by atomic mass is 16.5. The molecule has 10 aromatic rings. The van der Waals surface area contributed by atoms with Crippen molar-refractivity contribution in [1.82, 2.24) is 13.7 Å². The molecule has 4 bridgehead atoms. The Bertz CT molecular complexity index is 3890. The summed E-state index contributed by atoms with van der Waals surface area (Å²) in [5.74, 6) is 4.33. The van der Waals surface area contributed by atoms with E-state index in [9.17, 15) is 0 Å². The summed E-state index contributed by atoms with van der Waals surface area (Å²) in [6.07, 6.45) is 6.78. The van der Waals surface area contributed by atoms with Gasteiger partial charge in [-0.1, -0.05) is 135 Å². The van der Waals surface area contributed by atoms with Gasteiger partial charge in [-0.25, -0.2) is 0 Å². The molecule has 4 aliphatic carbocycles. The summed E-state index contributed by atoms with van der Waals surface area (Å²) < 4.78 is 15.6. The minimum Gasteiger partial charge on any atom is -0.458 e. The van der Waals surface area contributed by atoms with E-state index < -0.39 is 0 Å². The van der Waals surface area contributed by atoms with E-state index in [1.165, 1.54) is 136 Å². The molecule has 6 aliphatic rings. The van der Waals surface area contributed by atoms with Gasteiger partial charge in [0, 0.05) is 60.6 Å². The molecule has 68 heavy (non-hydrogen) atoms. The summed E-state index contributed by atoms with van der Waals surface area (Å²) in [4.78, 5) is 0. The number of hydrogen-bond donors (Lipinski definition) is 0. The Labute approximate surface area is 400 Å². The van der Waals surface area contributed by atoms with Crippen molar-refractivity contribution >= 4 is 88.5 Å². The van der Waals surface area contributed by atoms with Crippen LogP contribution >= 0.6 is 0 Å². The summed E-state index contributed by atoms with van der Waals surface area (Å²) >= 11 is 0. The molecule has 5 heteroatoms. The third-order valence-corrected chi connectivity index (χ3v) is 18.1. The van der Waals surface area contributed by atoms with Gasteiger partial charge in [-0.05, 0) is 142 Å².